The zero-order valence-electron chi connectivity index (χ0n) is 12.3. The molecule has 4 nitrogen and oxygen atoms in total. The van der Waals surface area contributed by atoms with Gasteiger partial charge in [0.15, 0.2) is 0 Å². The van der Waals surface area contributed by atoms with Crippen molar-refractivity contribution in [1.29, 1.82) is 0 Å². The highest BCUT2D eigenvalue weighted by molar-refractivity contribution is 6.31. The van der Waals surface area contributed by atoms with Gasteiger partial charge in [-0.1, -0.05) is 17.7 Å². The van der Waals surface area contributed by atoms with Crippen LogP contribution in [-0.4, -0.2) is 16.5 Å². The van der Waals surface area contributed by atoms with Crippen molar-refractivity contribution in [3.8, 4) is 0 Å². The molecule has 1 aliphatic carbocycles. The van der Waals surface area contributed by atoms with E-state index in [2.05, 4.69) is 20.6 Å². The Morgan fingerprint density at radius 2 is 2.05 bits per heavy atom. The molecule has 21 heavy (non-hydrogen) atoms. The third-order valence-corrected chi connectivity index (χ3v) is 3.93. The summed E-state index contributed by atoms with van der Waals surface area (Å²) in [6.07, 6.45) is 2.44. The van der Waals surface area contributed by atoms with Crippen LogP contribution in [0.5, 0.6) is 0 Å². The van der Waals surface area contributed by atoms with Gasteiger partial charge in [-0.05, 0) is 44.4 Å². The van der Waals surface area contributed by atoms with Crippen LogP contribution in [0.1, 0.15) is 36.9 Å². The maximum Gasteiger partial charge on any atom is 0.224 e. The van der Waals surface area contributed by atoms with E-state index in [1.807, 2.05) is 38.1 Å². The normalized spacial score (nSPS) is 14.0. The Morgan fingerprint density at radius 3 is 2.71 bits per heavy atom. The highest BCUT2D eigenvalue weighted by Gasteiger charge is 2.26. The van der Waals surface area contributed by atoms with Crippen LogP contribution in [0.15, 0.2) is 24.3 Å². The number of anilines is 3. The lowest BCUT2D eigenvalue weighted by Crippen LogP contribution is -2.06. The van der Waals surface area contributed by atoms with Crippen LogP contribution in [-0.2, 0) is 0 Å². The number of nitrogens with zero attached hydrogens (tertiary/aromatic N) is 2. The first-order valence-corrected chi connectivity index (χ1v) is 7.69. The van der Waals surface area contributed by atoms with E-state index in [1.165, 1.54) is 12.8 Å². The molecule has 1 fully saturated rings. The Hall–Kier alpha value is -1.81. The van der Waals surface area contributed by atoms with Crippen molar-refractivity contribution in [3.63, 3.8) is 0 Å². The number of benzene rings is 1. The van der Waals surface area contributed by atoms with Crippen molar-refractivity contribution >= 4 is 29.1 Å². The highest BCUT2D eigenvalue weighted by atomic mass is 35.5. The summed E-state index contributed by atoms with van der Waals surface area (Å²) in [4.78, 5) is 9.07. The summed E-state index contributed by atoms with van der Waals surface area (Å²) >= 11 is 6.17. The van der Waals surface area contributed by atoms with E-state index in [0.717, 1.165) is 34.3 Å². The van der Waals surface area contributed by atoms with Gasteiger partial charge >= 0.3 is 0 Å². The Balaban J connectivity index is 1.87. The minimum atomic E-state index is 0.590. The minimum absolute atomic E-state index is 0.590. The fourth-order valence-corrected chi connectivity index (χ4v) is 2.35. The lowest BCUT2D eigenvalue weighted by atomic mass is 10.2. The van der Waals surface area contributed by atoms with Gasteiger partial charge in [0.1, 0.15) is 5.82 Å². The Labute approximate surface area is 130 Å². The molecule has 2 N–H and O–H groups in total. The molecule has 2 aromatic rings. The molecule has 1 heterocycles. The van der Waals surface area contributed by atoms with Crippen LogP contribution < -0.4 is 10.6 Å². The topological polar surface area (TPSA) is 49.8 Å². The van der Waals surface area contributed by atoms with Crippen molar-refractivity contribution in [1.82, 2.24) is 9.97 Å². The van der Waals surface area contributed by atoms with Crippen LogP contribution in [0.4, 0.5) is 17.5 Å². The fourth-order valence-electron chi connectivity index (χ4n) is 2.17. The van der Waals surface area contributed by atoms with E-state index < -0.39 is 0 Å². The molecular weight excluding hydrogens is 284 g/mol. The minimum Gasteiger partial charge on any atom is -0.354 e. The molecule has 0 saturated heterocycles. The molecule has 1 aromatic heterocycles. The summed E-state index contributed by atoms with van der Waals surface area (Å²) in [5.74, 6) is 2.08. The maximum absolute atomic E-state index is 6.17. The first-order chi connectivity index (χ1) is 10.2. The average molecular weight is 303 g/mol. The summed E-state index contributed by atoms with van der Waals surface area (Å²) in [6, 6.07) is 7.96. The van der Waals surface area contributed by atoms with Gasteiger partial charge in [0.2, 0.25) is 5.95 Å². The Kier molecular flexibility index (Phi) is 3.97. The monoisotopic (exact) mass is 302 g/mol. The predicted octanol–water partition coefficient (Wildman–Crippen LogP) is 4.49. The van der Waals surface area contributed by atoms with E-state index in [9.17, 15) is 0 Å². The number of rotatable bonds is 5. The maximum atomic E-state index is 6.17. The molecule has 0 aliphatic heterocycles. The fraction of sp³-hybridized carbons (Fsp3) is 0.375. The van der Waals surface area contributed by atoms with Gasteiger partial charge in [-0.15, -0.1) is 0 Å². The molecule has 1 saturated carbocycles. The first kappa shape index (κ1) is 14.1. The molecule has 1 aliphatic rings. The van der Waals surface area contributed by atoms with Crippen LogP contribution in [0.3, 0.4) is 0 Å². The zero-order chi connectivity index (χ0) is 14.8. The van der Waals surface area contributed by atoms with E-state index in [1.54, 1.807) is 0 Å². The summed E-state index contributed by atoms with van der Waals surface area (Å²) in [5.41, 5.74) is 3.12. The lowest BCUT2D eigenvalue weighted by molar-refractivity contribution is 0.978. The van der Waals surface area contributed by atoms with Crippen molar-refractivity contribution in [2.24, 2.45) is 0 Å². The van der Waals surface area contributed by atoms with E-state index in [-0.39, 0.29) is 0 Å². The molecular formula is C16H19ClN4. The molecule has 110 valence electrons. The second-order valence-electron chi connectivity index (χ2n) is 5.40. The van der Waals surface area contributed by atoms with Gasteiger partial charge in [0.25, 0.3) is 0 Å². The molecule has 0 bridgehead atoms. The summed E-state index contributed by atoms with van der Waals surface area (Å²) in [6.45, 7) is 4.84. The molecule has 0 unspecified atom stereocenters. The number of aromatic nitrogens is 2. The number of nitrogens with one attached hydrogen (secondary N) is 2. The standard InChI is InChI=1S/C16H19ClN4/c1-3-18-16-20-14(11-5-6-11)9-15(21-16)19-12-7-4-10(2)13(17)8-12/h4,7-9,11H,3,5-6H2,1-2H3,(H2,18,19,20,21). The highest BCUT2D eigenvalue weighted by Crippen LogP contribution is 2.40. The zero-order valence-corrected chi connectivity index (χ0v) is 13.0. The van der Waals surface area contributed by atoms with Crippen molar-refractivity contribution < 1.29 is 0 Å². The smallest absolute Gasteiger partial charge is 0.224 e. The van der Waals surface area contributed by atoms with Crippen LogP contribution in [0.25, 0.3) is 0 Å². The van der Waals surface area contributed by atoms with Gasteiger partial charge < -0.3 is 10.6 Å². The van der Waals surface area contributed by atoms with Crippen molar-refractivity contribution in [3.05, 3.63) is 40.5 Å². The van der Waals surface area contributed by atoms with Crippen LogP contribution in [0, 0.1) is 6.92 Å². The third-order valence-electron chi connectivity index (χ3n) is 3.52. The van der Waals surface area contributed by atoms with Gasteiger partial charge in [0, 0.05) is 29.2 Å². The second-order valence-corrected chi connectivity index (χ2v) is 5.80. The van der Waals surface area contributed by atoms with E-state index in [0.29, 0.717) is 11.9 Å². The second kappa shape index (κ2) is 5.90. The number of halogens is 1. The quantitative estimate of drug-likeness (QED) is 0.854. The Bertz CT molecular complexity index is 653. The summed E-state index contributed by atoms with van der Waals surface area (Å²) in [7, 11) is 0. The van der Waals surface area contributed by atoms with Crippen LogP contribution >= 0.6 is 11.6 Å². The summed E-state index contributed by atoms with van der Waals surface area (Å²) in [5, 5.41) is 7.26. The molecule has 3 rings (SSSR count). The number of hydrogen-bond donors (Lipinski definition) is 2. The average Bonchev–Trinajstić information content (AvgIpc) is 3.28. The number of hydrogen-bond acceptors (Lipinski definition) is 4. The number of aryl methyl sites for hydroxylation is 1. The molecule has 0 atom stereocenters. The molecule has 1 aromatic carbocycles. The molecule has 0 radical (unpaired) electrons. The van der Waals surface area contributed by atoms with Gasteiger partial charge in [-0.25, -0.2) is 4.98 Å². The lowest BCUT2D eigenvalue weighted by Gasteiger charge is -2.11. The largest absolute Gasteiger partial charge is 0.354 e. The SMILES string of the molecule is CCNc1nc(Nc2ccc(C)c(Cl)c2)cc(C2CC2)n1. The summed E-state index contributed by atoms with van der Waals surface area (Å²) < 4.78 is 0. The Morgan fingerprint density at radius 1 is 1.24 bits per heavy atom. The van der Waals surface area contributed by atoms with Crippen molar-refractivity contribution in [2.45, 2.75) is 32.6 Å². The van der Waals surface area contributed by atoms with Gasteiger partial charge in [-0.2, -0.15) is 4.98 Å². The van der Waals surface area contributed by atoms with E-state index >= 15 is 0 Å². The van der Waals surface area contributed by atoms with Crippen LogP contribution in [0.2, 0.25) is 5.02 Å². The first-order valence-electron chi connectivity index (χ1n) is 7.31. The van der Waals surface area contributed by atoms with E-state index in [4.69, 9.17) is 11.6 Å². The third kappa shape index (κ3) is 3.45. The van der Waals surface area contributed by atoms with Crippen molar-refractivity contribution in [2.75, 3.05) is 17.2 Å². The van der Waals surface area contributed by atoms with Gasteiger partial charge in [-0.3, -0.25) is 0 Å². The molecule has 0 amide bonds. The van der Waals surface area contributed by atoms with Gasteiger partial charge in [0.05, 0.1) is 5.69 Å². The predicted molar refractivity (Wildman–Crippen MR) is 87.6 cm³/mol. The molecule has 0 spiro atoms. The molecule has 5 heteroatoms.